The number of nitrogens with zero attached hydrogens (tertiary/aromatic N) is 2. The summed E-state index contributed by atoms with van der Waals surface area (Å²) in [6.07, 6.45) is 2.56. The van der Waals surface area contributed by atoms with Crippen LogP contribution in [-0.4, -0.2) is 47.8 Å². The summed E-state index contributed by atoms with van der Waals surface area (Å²) in [4.78, 5) is 23.0. The standard InChI is InChI=1S/C17H29N3O3/c1-10-5-11(2)17(19-20(3)4)13(6-10)14(21)7-12-8-15(22)18-16(23)9-12/h10-14,21H,5-9H2,1-4H3,(H,18,22,23)/b19-17-/t10-,11-,13-,14+/m0/s1. The lowest BCUT2D eigenvalue weighted by atomic mass is 9.71. The second kappa shape index (κ2) is 7.43. The van der Waals surface area contributed by atoms with Crippen molar-refractivity contribution in [2.75, 3.05) is 14.1 Å². The molecule has 4 atom stereocenters. The number of hydrogen-bond acceptors (Lipinski definition) is 5. The van der Waals surface area contributed by atoms with Crippen LogP contribution in [0.4, 0.5) is 0 Å². The normalized spacial score (nSPS) is 32.7. The average molecular weight is 323 g/mol. The number of carbonyl (C=O) groups is 2. The molecule has 2 N–H and O–H groups in total. The fraction of sp³-hybridized carbons (Fsp3) is 0.824. The Morgan fingerprint density at radius 2 is 1.83 bits per heavy atom. The zero-order valence-corrected chi connectivity index (χ0v) is 14.6. The molecule has 0 aromatic carbocycles. The number of rotatable bonds is 4. The molecule has 130 valence electrons. The molecule has 2 fully saturated rings. The molecule has 1 aliphatic carbocycles. The lowest BCUT2D eigenvalue weighted by molar-refractivity contribution is -0.135. The summed E-state index contributed by atoms with van der Waals surface area (Å²) in [7, 11) is 3.79. The van der Waals surface area contributed by atoms with E-state index in [9.17, 15) is 14.7 Å². The Morgan fingerprint density at radius 1 is 1.22 bits per heavy atom. The maximum atomic E-state index is 11.5. The van der Waals surface area contributed by atoms with Crippen molar-refractivity contribution in [1.29, 1.82) is 0 Å². The number of nitrogens with one attached hydrogen (secondary N) is 1. The average Bonchev–Trinajstić information content (AvgIpc) is 2.39. The Labute approximate surface area is 138 Å². The van der Waals surface area contributed by atoms with Gasteiger partial charge in [-0.1, -0.05) is 13.8 Å². The van der Waals surface area contributed by atoms with Crippen LogP contribution < -0.4 is 5.32 Å². The van der Waals surface area contributed by atoms with Gasteiger partial charge in [0.05, 0.1) is 6.10 Å². The fourth-order valence-electron chi connectivity index (χ4n) is 4.02. The highest BCUT2D eigenvalue weighted by Gasteiger charge is 2.37. The highest BCUT2D eigenvalue weighted by atomic mass is 16.3. The minimum Gasteiger partial charge on any atom is -0.392 e. The van der Waals surface area contributed by atoms with Gasteiger partial charge in [-0.2, -0.15) is 5.10 Å². The van der Waals surface area contributed by atoms with Gasteiger partial charge < -0.3 is 10.1 Å². The first-order chi connectivity index (χ1) is 10.8. The van der Waals surface area contributed by atoms with Gasteiger partial charge >= 0.3 is 0 Å². The summed E-state index contributed by atoms with van der Waals surface area (Å²) in [6, 6.07) is 0. The molecule has 1 saturated carbocycles. The lowest BCUT2D eigenvalue weighted by Crippen LogP contribution is -2.43. The Balaban J connectivity index is 2.09. The lowest BCUT2D eigenvalue weighted by Gasteiger charge is -2.37. The molecule has 0 unspecified atom stereocenters. The minimum absolute atomic E-state index is 0.0104. The molecule has 6 nitrogen and oxygen atoms in total. The smallest absolute Gasteiger partial charge is 0.226 e. The summed E-state index contributed by atoms with van der Waals surface area (Å²) < 4.78 is 0. The van der Waals surface area contributed by atoms with E-state index in [1.165, 1.54) is 0 Å². The van der Waals surface area contributed by atoms with E-state index < -0.39 is 6.10 Å². The number of carbonyl (C=O) groups excluding carboxylic acids is 2. The van der Waals surface area contributed by atoms with Crippen molar-refractivity contribution in [3.8, 4) is 0 Å². The number of aliphatic hydroxyl groups excluding tert-OH is 1. The largest absolute Gasteiger partial charge is 0.392 e. The van der Waals surface area contributed by atoms with E-state index in [4.69, 9.17) is 0 Å². The van der Waals surface area contributed by atoms with E-state index in [0.717, 1.165) is 18.6 Å². The Bertz CT molecular complexity index is 473. The summed E-state index contributed by atoms with van der Waals surface area (Å²) in [5.74, 6) is 0.367. The van der Waals surface area contributed by atoms with E-state index in [-0.39, 0.29) is 23.7 Å². The van der Waals surface area contributed by atoms with Crippen LogP contribution in [0, 0.1) is 23.7 Å². The van der Waals surface area contributed by atoms with Gasteiger partial charge in [-0.25, -0.2) is 0 Å². The van der Waals surface area contributed by atoms with Gasteiger partial charge in [0.2, 0.25) is 11.8 Å². The van der Waals surface area contributed by atoms with Crippen LogP contribution in [0.2, 0.25) is 0 Å². The Kier molecular flexibility index (Phi) is 5.79. The predicted octanol–water partition coefficient (Wildman–Crippen LogP) is 1.39. The number of hydrazone groups is 1. The molecule has 0 spiro atoms. The van der Waals surface area contributed by atoms with E-state index in [1.807, 2.05) is 14.1 Å². The molecule has 0 aromatic rings. The molecular formula is C17H29N3O3. The maximum Gasteiger partial charge on any atom is 0.226 e. The van der Waals surface area contributed by atoms with Crippen LogP contribution in [0.3, 0.4) is 0 Å². The molecule has 2 amide bonds. The third-order valence-electron chi connectivity index (χ3n) is 4.88. The molecule has 1 saturated heterocycles. The third-order valence-corrected chi connectivity index (χ3v) is 4.88. The summed E-state index contributed by atoms with van der Waals surface area (Å²) in [5, 5.41) is 19.5. The molecule has 0 bridgehead atoms. The third kappa shape index (κ3) is 4.77. The molecule has 23 heavy (non-hydrogen) atoms. The van der Waals surface area contributed by atoms with E-state index in [1.54, 1.807) is 5.01 Å². The van der Waals surface area contributed by atoms with Gasteiger partial charge in [0.1, 0.15) is 0 Å². The zero-order chi connectivity index (χ0) is 17.1. The number of hydrogen-bond donors (Lipinski definition) is 2. The SMILES string of the molecule is C[C@@H]1C[C@@H]([C@H](O)CC2CC(=O)NC(=O)C2)/C(=N\N(C)C)[C@@H](C)C1. The predicted molar refractivity (Wildman–Crippen MR) is 88.7 cm³/mol. The number of imide groups is 1. The fourth-order valence-corrected chi connectivity index (χ4v) is 4.02. The Hall–Kier alpha value is -1.43. The summed E-state index contributed by atoms with van der Waals surface area (Å²) in [6.45, 7) is 4.37. The van der Waals surface area contributed by atoms with Crippen molar-refractivity contribution in [3.63, 3.8) is 0 Å². The molecule has 0 radical (unpaired) electrons. The Morgan fingerprint density at radius 3 is 2.39 bits per heavy atom. The summed E-state index contributed by atoms with van der Waals surface area (Å²) >= 11 is 0. The van der Waals surface area contributed by atoms with Crippen LogP contribution in [0.25, 0.3) is 0 Å². The van der Waals surface area contributed by atoms with Crippen LogP contribution >= 0.6 is 0 Å². The van der Waals surface area contributed by atoms with E-state index in [0.29, 0.717) is 31.1 Å². The van der Waals surface area contributed by atoms with Gasteiger partial charge in [0, 0.05) is 38.6 Å². The second-order valence-corrected chi connectivity index (χ2v) is 7.50. The van der Waals surface area contributed by atoms with Crippen molar-refractivity contribution in [2.45, 2.75) is 52.1 Å². The molecule has 1 heterocycles. The maximum absolute atomic E-state index is 11.5. The molecule has 2 rings (SSSR count). The van der Waals surface area contributed by atoms with Gasteiger partial charge in [-0.3, -0.25) is 14.9 Å². The van der Waals surface area contributed by atoms with Crippen LogP contribution in [0.5, 0.6) is 0 Å². The van der Waals surface area contributed by atoms with Crippen molar-refractivity contribution in [1.82, 2.24) is 10.3 Å². The number of amides is 2. The molecular weight excluding hydrogens is 294 g/mol. The molecule has 2 aliphatic rings. The minimum atomic E-state index is -0.553. The van der Waals surface area contributed by atoms with Crippen LogP contribution in [0.15, 0.2) is 5.10 Å². The van der Waals surface area contributed by atoms with Gasteiger partial charge in [-0.15, -0.1) is 0 Å². The molecule has 0 aromatic heterocycles. The quantitative estimate of drug-likeness (QED) is 0.605. The van der Waals surface area contributed by atoms with Crippen molar-refractivity contribution >= 4 is 17.5 Å². The van der Waals surface area contributed by atoms with Gasteiger partial charge in [0.25, 0.3) is 0 Å². The van der Waals surface area contributed by atoms with Crippen molar-refractivity contribution < 1.29 is 14.7 Å². The number of aliphatic hydroxyl groups is 1. The molecule has 6 heteroatoms. The van der Waals surface area contributed by atoms with Gasteiger partial charge in [-0.05, 0) is 37.0 Å². The van der Waals surface area contributed by atoms with Crippen molar-refractivity contribution in [2.24, 2.45) is 28.8 Å². The van der Waals surface area contributed by atoms with E-state index in [2.05, 4.69) is 24.3 Å². The first kappa shape index (κ1) is 17.9. The zero-order valence-electron chi connectivity index (χ0n) is 14.6. The van der Waals surface area contributed by atoms with Crippen molar-refractivity contribution in [3.05, 3.63) is 0 Å². The highest BCUT2D eigenvalue weighted by molar-refractivity contribution is 5.97. The molecule has 1 aliphatic heterocycles. The van der Waals surface area contributed by atoms with E-state index >= 15 is 0 Å². The van der Waals surface area contributed by atoms with Crippen LogP contribution in [0.1, 0.15) is 46.0 Å². The number of piperidine rings is 1. The van der Waals surface area contributed by atoms with Gasteiger partial charge in [0.15, 0.2) is 0 Å². The highest BCUT2D eigenvalue weighted by Crippen LogP contribution is 2.35. The second-order valence-electron chi connectivity index (χ2n) is 7.50. The first-order valence-corrected chi connectivity index (χ1v) is 8.52. The monoisotopic (exact) mass is 323 g/mol. The van der Waals surface area contributed by atoms with Crippen LogP contribution in [-0.2, 0) is 9.59 Å². The topological polar surface area (TPSA) is 82.0 Å². The summed E-state index contributed by atoms with van der Waals surface area (Å²) in [5.41, 5.74) is 1.05. The first-order valence-electron chi connectivity index (χ1n) is 8.52.